The van der Waals surface area contributed by atoms with Crippen molar-refractivity contribution in [2.75, 3.05) is 31.1 Å². The summed E-state index contributed by atoms with van der Waals surface area (Å²) in [5.41, 5.74) is 3.30. The fourth-order valence-electron chi connectivity index (χ4n) is 3.79. The van der Waals surface area contributed by atoms with E-state index < -0.39 is 11.8 Å². The molecule has 0 bridgehead atoms. The van der Waals surface area contributed by atoms with Gasteiger partial charge < -0.3 is 15.1 Å². The van der Waals surface area contributed by atoms with Crippen molar-refractivity contribution in [2.45, 2.75) is 25.8 Å². The van der Waals surface area contributed by atoms with E-state index in [0.717, 1.165) is 42.5 Å². The highest BCUT2D eigenvalue weighted by molar-refractivity contribution is 6.35. The van der Waals surface area contributed by atoms with Gasteiger partial charge in [-0.3, -0.25) is 14.6 Å². The summed E-state index contributed by atoms with van der Waals surface area (Å²) in [6.45, 7) is 4.72. The van der Waals surface area contributed by atoms with E-state index in [-0.39, 0.29) is 6.04 Å². The van der Waals surface area contributed by atoms with Gasteiger partial charge in [-0.2, -0.15) is 0 Å². The molecule has 1 atom stereocenters. The SMILES string of the molecule is CCCc1cc(N2CCN3C(=O)C(=O)NCC3C2)c2ccccc2n1. The molecule has 3 heterocycles. The first kappa shape index (κ1) is 15.9. The molecule has 25 heavy (non-hydrogen) atoms. The molecule has 130 valence electrons. The van der Waals surface area contributed by atoms with Gasteiger partial charge in [0, 0.05) is 42.9 Å². The Hall–Kier alpha value is -2.63. The predicted octanol–water partition coefficient (Wildman–Crippen LogP) is 1.33. The molecule has 2 amide bonds. The average molecular weight is 338 g/mol. The summed E-state index contributed by atoms with van der Waals surface area (Å²) in [6, 6.07) is 10.4. The molecule has 0 saturated carbocycles. The number of para-hydroxylation sites is 1. The Morgan fingerprint density at radius 3 is 2.92 bits per heavy atom. The summed E-state index contributed by atoms with van der Waals surface area (Å²) in [6.07, 6.45) is 2.01. The lowest BCUT2D eigenvalue weighted by Gasteiger charge is -2.44. The van der Waals surface area contributed by atoms with Gasteiger partial charge in [-0.25, -0.2) is 0 Å². The van der Waals surface area contributed by atoms with Crippen LogP contribution in [0.4, 0.5) is 5.69 Å². The van der Waals surface area contributed by atoms with Crippen molar-refractivity contribution >= 4 is 28.4 Å². The van der Waals surface area contributed by atoms with Crippen LogP contribution in [0.1, 0.15) is 19.0 Å². The van der Waals surface area contributed by atoms with Gasteiger partial charge in [-0.05, 0) is 18.6 Å². The highest BCUT2D eigenvalue weighted by Gasteiger charge is 2.37. The highest BCUT2D eigenvalue weighted by Crippen LogP contribution is 2.29. The molecule has 2 fully saturated rings. The van der Waals surface area contributed by atoms with Crippen molar-refractivity contribution in [3.63, 3.8) is 0 Å². The number of aryl methyl sites for hydroxylation is 1. The summed E-state index contributed by atoms with van der Waals surface area (Å²) < 4.78 is 0. The number of hydrogen-bond acceptors (Lipinski definition) is 4. The highest BCUT2D eigenvalue weighted by atomic mass is 16.2. The number of anilines is 1. The smallest absolute Gasteiger partial charge is 0.312 e. The summed E-state index contributed by atoms with van der Waals surface area (Å²) in [7, 11) is 0. The first-order chi connectivity index (χ1) is 12.2. The molecule has 4 rings (SSSR count). The van der Waals surface area contributed by atoms with Crippen LogP contribution in [-0.4, -0.2) is 53.9 Å². The van der Waals surface area contributed by atoms with Crippen molar-refractivity contribution < 1.29 is 9.59 Å². The molecule has 1 aromatic carbocycles. The van der Waals surface area contributed by atoms with Crippen LogP contribution >= 0.6 is 0 Å². The number of fused-ring (bicyclic) bond motifs is 2. The number of carbonyl (C=O) groups excluding carboxylic acids is 2. The Morgan fingerprint density at radius 1 is 1.24 bits per heavy atom. The summed E-state index contributed by atoms with van der Waals surface area (Å²) >= 11 is 0. The zero-order valence-corrected chi connectivity index (χ0v) is 14.4. The molecular weight excluding hydrogens is 316 g/mol. The van der Waals surface area contributed by atoms with Crippen LogP contribution in [-0.2, 0) is 16.0 Å². The quantitative estimate of drug-likeness (QED) is 0.858. The fourth-order valence-corrected chi connectivity index (χ4v) is 3.79. The molecule has 6 nitrogen and oxygen atoms in total. The van der Waals surface area contributed by atoms with E-state index in [0.29, 0.717) is 13.1 Å². The second-order valence-corrected chi connectivity index (χ2v) is 6.71. The van der Waals surface area contributed by atoms with Gasteiger partial charge in [0.15, 0.2) is 0 Å². The third-order valence-corrected chi connectivity index (χ3v) is 5.03. The first-order valence-corrected chi connectivity index (χ1v) is 8.89. The van der Waals surface area contributed by atoms with E-state index in [9.17, 15) is 9.59 Å². The maximum Gasteiger partial charge on any atom is 0.312 e. The number of piperazine rings is 2. The topological polar surface area (TPSA) is 65.5 Å². The van der Waals surface area contributed by atoms with E-state index in [4.69, 9.17) is 4.98 Å². The van der Waals surface area contributed by atoms with Crippen molar-refractivity contribution in [1.82, 2.24) is 15.2 Å². The maximum absolute atomic E-state index is 12.0. The standard InChI is InChI=1S/C19H22N4O2/c1-2-5-13-10-17(15-6-3-4-7-16(15)21-13)22-8-9-23-14(12-22)11-20-18(24)19(23)25/h3-4,6-7,10,14H,2,5,8-9,11-12H2,1H3,(H,20,24). The lowest BCUT2D eigenvalue weighted by Crippen LogP contribution is -2.65. The number of amides is 2. The van der Waals surface area contributed by atoms with Crippen LogP contribution in [0, 0.1) is 0 Å². The normalized spacial score (nSPS) is 20.6. The largest absolute Gasteiger partial charge is 0.367 e. The fraction of sp³-hybridized carbons (Fsp3) is 0.421. The van der Waals surface area contributed by atoms with Gasteiger partial charge in [0.2, 0.25) is 0 Å². The molecule has 2 saturated heterocycles. The minimum absolute atomic E-state index is 0.0282. The molecule has 1 N–H and O–H groups in total. The summed E-state index contributed by atoms with van der Waals surface area (Å²) in [5, 5.41) is 3.84. The van der Waals surface area contributed by atoms with E-state index in [2.05, 4.69) is 35.3 Å². The van der Waals surface area contributed by atoms with Crippen molar-refractivity contribution in [3.8, 4) is 0 Å². The number of benzene rings is 1. The Morgan fingerprint density at radius 2 is 2.08 bits per heavy atom. The number of nitrogens with one attached hydrogen (secondary N) is 1. The zero-order valence-electron chi connectivity index (χ0n) is 14.4. The molecule has 1 aromatic heterocycles. The minimum atomic E-state index is -0.482. The summed E-state index contributed by atoms with van der Waals surface area (Å²) in [5.74, 6) is -0.883. The molecular formula is C19H22N4O2. The first-order valence-electron chi connectivity index (χ1n) is 8.89. The van der Waals surface area contributed by atoms with E-state index >= 15 is 0 Å². The Kier molecular flexibility index (Phi) is 4.03. The van der Waals surface area contributed by atoms with E-state index in [1.54, 1.807) is 4.90 Å². The van der Waals surface area contributed by atoms with Gasteiger partial charge >= 0.3 is 11.8 Å². The van der Waals surface area contributed by atoms with Crippen molar-refractivity contribution in [1.29, 1.82) is 0 Å². The average Bonchev–Trinajstić information content (AvgIpc) is 2.64. The maximum atomic E-state index is 12.0. The Balaban J connectivity index is 1.68. The molecule has 2 aromatic rings. The van der Waals surface area contributed by atoms with Gasteiger partial charge in [0.25, 0.3) is 0 Å². The monoisotopic (exact) mass is 338 g/mol. The van der Waals surface area contributed by atoms with Crippen LogP contribution in [0.15, 0.2) is 30.3 Å². The number of rotatable bonds is 3. The van der Waals surface area contributed by atoms with Crippen LogP contribution in [0.5, 0.6) is 0 Å². The second kappa shape index (κ2) is 6.35. The second-order valence-electron chi connectivity index (χ2n) is 6.71. The van der Waals surface area contributed by atoms with Crippen molar-refractivity contribution in [2.24, 2.45) is 0 Å². The minimum Gasteiger partial charge on any atom is -0.367 e. The third kappa shape index (κ3) is 2.81. The van der Waals surface area contributed by atoms with Gasteiger partial charge in [0.1, 0.15) is 0 Å². The molecule has 0 aliphatic carbocycles. The predicted molar refractivity (Wildman–Crippen MR) is 96.5 cm³/mol. The van der Waals surface area contributed by atoms with Crippen LogP contribution < -0.4 is 10.2 Å². The molecule has 2 aliphatic heterocycles. The molecule has 0 radical (unpaired) electrons. The summed E-state index contributed by atoms with van der Waals surface area (Å²) in [4.78, 5) is 32.4. The molecule has 6 heteroatoms. The van der Waals surface area contributed by atoms with Gasteiger partial charge in [0.05, 0.1) is 11.6 Å². The molecule has 0 spiro atoms. The van der Waals surface area contributed by atoms with E-state index in [1.165, 1.54) is 5.69 Å². The van der Waals surface area contributed by atoms with Crippen molar-refractivity contribution in [3.05, 3.63) is 36.0 Å². The zero-order chi connectivity index (χ0) is 17.4. The van der Waals surface area contributed by atoms with Gasteiger partial charge in [-0.1, -0.05) is 31.5 Å². The molecule has 1 unspecified atom stereocenters. The number of hydrogen-bond donors (Lipinski definition) is 1. The third-order valence-electron chi connectivity index (χ3n) is 5.03. The Labute approximate surface area is 146 Å². The lowest BCUT2D eigenvalue weighted by atomic mass is 10.1. The number of carbonyl (C=O) groups is 2. The van der Waals surface area contributed by atoms with Gasteiger partial charge in [-0.15, -0.1) is 0 Å². The number of nitrogens with zero attached hydrogens (tertiary/aromatic N) is 3. The lowest BCUT2D eigenvalue weighted by molar-refractivity contribution is -0.150. The number of aromatic nitrogens is 1. The van der Waals surface area contributed by atoms with Crippen LogP contribution in [0.3, 0.4) is 0 Å². The Bertz CT molecular complexity index is 835. The van der Waals surface area contributed by atoms with E-state index in [1.807, 2.05) is 12.1 Å². The molecule has 2 aliphatic rings. The van der Waals surface area contributed by atoms with Crippen LogP contribution in [0.25, 0.3) is 10.9 Å². The van der Waals surface area contributed by atoms with Crippen LogP contribution in [0.2, 0.25) is 0 Å². The number of pyridine rings is 1.